The van der Waals surface area contributed by atoms with Crippen molar-refractivity contribution in [3.63, 3.8) is 0 Å². The first-order chi connectivity index (χ1) is 13.6. The molecule has 3 rings (SSSR count). The van der Waals surface area contributed by atoms with Crippen LogP contribution in [0.2, 0.25) is 0 Å². The van der Waals surface area contributed by atoms with E-state index >= 15 is 0 Å². The van der Waals surface area contributed by atoms with E-state index in [-0.39, 0.29) is 24.1 Å². The van der Waals surface area contributed by atoms with E-state index in [0.29, 0.717) is 25.0 Å². The Morgan fingerprint density at radius 3 is 2.14 bits per heavy atom. The zero-order chi connectivity index (χ0) is 19.9. The SMILES string of the molecule is Cc1ccc(C2CC(=O)C(=CNCCN3CCN(CCO)CC3)C(=O)C2)cc1. The molecular weight excluding hydrogens is 354 g/mol. The van der Waals surface area contributed by atoms with E-state index in [4.69, 9.17) is 5.11 Å². The molecule has 6 heteroatoms. The molecule has 6 nitrogen and oxygen atoms in total. The number of benzene rings is 1. The highest BCUT2D eigenvalue weighted by Crippen LogP contribution is 2.31. The molecule has 2 fully saturated rings. The molecule has 1 saturated heterocycles. The normalized spacial score (nSPS) is 21.8. The minimum atomic E-state index is -0.0630. The fraction of sp³-hybridized carbons (Fsp3) is 0.545. The number of aryl methyl sites for hydroxylation is 1. The van der Waals surface area contributed by atoms with Crippen molar-refractivity contribution in [1.82, 2.24) is 15.1 Å². The van der Waals surface area contributed by atoms with Gasteiger partial charge in [0.05, 0.1) is 12.2 Å². The first-order valence-corrected chi connectivity index (χ1v) is 10.2. The van der Waals surface area contributed by atoms with E-state index in [1.54, 1.807) is 6.20 Å². The Labute approximate surface area is 167 Å². The van der Waals surface area contributed by atoms with Crippen LogP contribution in [0, 0.1) is 6.92 Å². The number of hydrogen-bond donors (Lipinski definition) is 2. The van der Waals surface area contributed by atoms with E-state index in [0.717, 1.165) is 44.8 Å². The van der Waals surface area contributed by atoms with Crippen molar-refractivity contribution in [3.8, 4) is 0 Å². The fourth-order valence-electron chi connectivity index (χ4n) is 3.91. The van der Waals surface area contributed by atoms with E-state index in [1.165, 1.54) is 5.56 Å². The summed E-state index contributed by atoms with van der Waals surface area (Å²) in [5.41, 5.74) is 2.56. The average molecular weight is 386 g/mol. The number of hydrogen-bond acceptors (Lipinski definition) is 6. The van der Waals surface area contributed by atoms with Crippen LogP contribution in [0.3, 0.4) is 0 Å². The number of aliphatic hydroxyl groups is 1. The van der Waals surface area contributed by atoms with Gasteiger partial charge in [0.1, 0.15) is 0 Å². The fourth-order valence-corrected chi connectivity index (χ4v) is 3.91. The minimum absolute atomic E-state index is 0.00651. The molecule has 28 heavy (non-hydrogen) atoms. The second-order valence-corrected chi connectivity index (χ2v) is 7.78. The molecule has 0 amide bonds. The number of rotatable bonds is 7. The molecule has 1 aliphatic heterocycles. The van der Waals surface area contributed by atoms with Crippen molar-refractivity contribution in [3.05, 3.63) is 47.2 Å². The summed E-state index contributed by atoms with van der Waals surface area (Å²) >= 11 is 0. The Morgan fingerprint density at radius 1 is 1.00 bits per heavy atom. The summed E-state index contributed by atoms with van der Waals surface area (Å²) in [4.78, 5) is 29.6. The number of ketones is 2. The van der Waals surface area contributed by atoms with Crippen molar-refractivity contribution >= 4 is 11.6 Å². The number of β-amino-alcohol motifs (C(OH)–C–C–N with tert-alkyl or cyclic N) is 1. The van der Waals surface area contributed by atoms with Crippen molar-refractivity contribution < 1.29 is 14.7 Å². The summed E-state index contributed by atoms with van der Waals surface area (Å²) in [7, 11) is 0. The van der Waals surface area contributed by atoms with Gasteiger partial charge in [0.25, 0.3) is 0 Å². The minimum Gasteiger partial charge on any atom is -0.395 e. The third kappa shape index (κ3) is 5.50. The molecule has 0 atom stereocenters. The molecule has 152 valence electrons. The molecule has 0 unspecified atom stereocenters. The predicted octanol–water partition coefficient (Wildman–Crippen LogP) is 1.09. The van der Waals surface area contributed by atoms with Gasteiger partial charge in [-0.15, -0.1) is 0 Å². The number of nitrogens with one attached hydrogen (secondary N) is 1. The third-order valence-electron chi connectivity index (χ3n) is 5.71. The van der Waals surface area contributed by atoms with E-state index in [1.807, 2.05) is 31.2 Å². The highest BCUT2D eigenvalue weighted by Gasteiger charge is 2.31. The van der Waals surface area contributed by atoms with E-state index < -0.39 is 0 Å². The van der Waals surface area contributed by atoms with Gasteiger partial charge in [0.2, 0.25) is 0 Å². The quantitative estimate of drug-likeness (QED) is 0.416. The van der Waals surface area contributed by atoms with Gasteiger partial charge in [-0.3, -0.25) is 19.4 Å². The second kappa shape index (κ2) is 9.96. The molecule has 2 aliphatic rings. The predicted molar refractivity (Wildman–Crippen MR) is 109 cm³/mol. The highest BCUT2D eigenvalue weighted by molar-refractivity contribution is 6.22. The molecule has 0 spiro atoms. The van der Waals surface area contributed by atoms with Crippen LogP contribution in [0.1, 0.15) is 29.9 Å². The lowest BCUT2D eigenvalue weighted by Crippen LogP contribution is -2.48. The van der Waals surface area contributed by atoms with Crippen LogP contribution in [0.15, 0.2) is 36.0 Å². The molecule has 0 bridgehead atoms. The standard InChI is InChI=1S/C22H31N3O3/c1-17-2-4-18(5-3-17)19-14-21(27)20(22(28)15-19)16-23-6-7-24-8-10-25(11-9-24)12-13-26/h2-5,16,19,23,26H,6-15H2,1H3. The van der Waals surface area contributed by atoms with Crippen molar-refractivity contribution in [2.75, 3.05) is 52.4 Å². The van der Waals surface area contributed by atoms with Gasteiger partial charge in [-0.05, 0) is 18.4 Å². The molecule has 1 aliphatic carbocycles. The third-order valence-corrected chi connectivity index (χ3v) is 5.71. The van der Waals surface area contributed by atoms with Gasteiger partial charge >= 0.3 is 0 Å². The summed E-state index contributed by atoms with van der Waals surface area (Å²) in [6.07, 6.45) is 2.42. The van der Waals surface area contributed by atoms with Gasteiger partial charge in [-0.1, -0.05) is 29.8 Å². The molecule has 1 aromatic rings. The number of allylic oxidation sites excluding steroid dienone is 1. The van der Waals surface area contributed by atoms with Gasteiger partial charge in [0.15, 0.2) is 11.6 Å². The lowest BCUT2D eigenvalue weighted by Gasteiger charge is -2.34. The van der Waals surface area contributed by atoms with E-state index in [2.05, 4.69) is 15.1 Å². The Kier molecular flexibility index (Phi) is 7.36. The van der Waals surface area contributed by atoms with Crippen LogP contribution in [-0.2, 0) is 9.59 Å². The summed E-state index contributed by atoms with van der Waals surface area (Å²) in [6.45, 7) is 8.48. The van der Waals surface area contributed by atoms with Crippen LogP contribution in [0.25, 0.3) is 0 Å². The molecule has 0 radical (unpaired) electrons. The van der Waals surface area contributed by atoms with Gasteiger partial charge in [0, 0.05) is 64.9 Å². The first-order valence-electron chi connectivity index (χ1n) is 10.2. The summed E-state index contributed by atoms with van der Waals surface area (Å²) < 4.78 is 0. The largest absolute Gasteiger partial charge is 0.395 e. The first kappa shape index (κ1) is 20.7. The maximum Gasteiger partial charge on any atom is 0.168 e. The topological polar surface area (TPSA) is 72.9 Å². The molecule has 1 aromatic carbocycles. The van der Waals surface area contributed by atoms with Crippen LogP contribution in [0.5, 0.6) is 0 Å². The Morgan fingerprint density at radius 2 is 1.57 bits per heavy atom. The van der Waals surface area contributed by atoms with Crippen LogP contribution in [0.4, 0.5) is 0 Å². The summed E-state index contributed by atoms with van der Waals surface area (Å²) in [6, 6.07) is 8.10. The smallest absolute Gasteiger partial charge is 0.168 e. The maximum atomic E-state index is 12.5. The Balaban J connectivity index is 1.44. The number of aliphatic hydroxyl groups excluding tert-OH is 1. The zero-order valence-corrected chi connectivity index (χ0v) is 16.7. The van der Waals surface area contributed by atoms with Crippen LogP contribution < -0.4 is 5.32 Å². The van der Waals surface area contributed by atoms with Gasteiger partial charge < -0.3 is 10.4 Å². The van der Waals surface area contributed by atoms with Crippen LogP contribution >= 0.6 is 0 Å². The number of Topliss-reactive ketones (excluding diaryl/α,β-unsaturated/α-hetero) is 2. The van der Waals surface area contributed by atoms with Crippen molar-refractivity contribution in [1.29, 1.82) is 0 Å². The Bertz CT molecular complexity index is 686. The molecular formula is C22H31N3O3. The maximum absolute atomic E-state index is 12.5. The van der Waals surface area contributed by atoms with Crippen molar-refractivity contribution in [2.24, 2.45) is 0 Å². The molecule has 1 saturated carbocycles. The lowest BCUT2D eigenvalue weighted by molar-refractivity contribution is -0.124. The van der Waals surface area contributed by atoms with Crippen LogP contribution in [-0.4, -0.2) is 78.9 Å². The zero-order valence-electron chi connectivity index (χ0n) is 16.7. The second-order valence-electron chi connectivity index (χ2n) is 7.78. The molecule has 2 N–H and O–H groups in total. The van der Waals surface area contributed by atoms with Gasteiger partial charge in [-0.2, -0.15) is 0 Å². The van der Waals surface area contributed by atoms with E-state index in [9.17, 15) is 9.59 Å². The molecule has 1 heterocycles. The summed E-state index contributed by atoms with van der Waals surface area (Å²) in [5, 5.41) is 12.2. The highest BCUT2D eigenvalue weighted by atomic mass is 16.3. The Hall–Kier alpha value is -2.02. The number of nitrogens with zero attached hydrogens (tertiary/aromatic N) is 2. The van der Waals surface area contributed by atoms with Crippen molar-refractivity contribution in [2.45, 2.75) is 25.7 Å². The molecule has 0 aromatic heterocycles. The average Bonchev–Trinajstić information content (AvgIpc) is 2.68. The lowest BCUT2D eigenvalue weighted by atomic mass is 9.80. The number of carbonyl (C=O) groups is 2. The monoisotopic (exact) mass is 385 g/mol. The number of carbonyl (C=O) groups excluding carboxylic acids is 2. The number of piperazine rings is 1. The van der Waals surface area contributed by atoms with Gasteiger partial charge in [-0.25, -0.2) is 0 Å². The summed E-state index contributed by atoms with van der Waals surface area (Å²) in [5.74, 6) is -0.133.